The van der Waals surface area contributed by atoms with Crippen molar-refractivity contribution in [3.8, 4) is 5.75 Å². The third-order valence-electron chi connectivity index (χ3n) is 3.47. The minimum atomic E-state index is -0.412. The van der Waals surface area contributed by atoms with Gasteiger partial charge in [0.1, 0.15) is 5.75 Å². The Morgan fingerprint density at radius 1 is 1.29 bits per heavy atom. The van der Waals surface area contributed by atoms with E-state index >= 15 is 0 Å². The van der Waals surface area contributed by atoms with Crippen LogP contribution in [0.1, 0.15) is 25.8 Å². The summed E-state index contributed by atoms with van der Waals surface area (Å²) in [6, 6.07) is 7.93. The fraction of sp³-hybridized carbons (Fsp3) is 0.571. The Bertz CT molecular complexity index is 350. The molecule has 96 valence electrons. The van der Waals surface area contributed by atoms with E-state index in [1.807, 2.05) is 31.2 Å². The molecule has 0 amide bonds. The zero-order chi connectivity index (χ0) is 12.9. The molecule has 1 rings (SSSR count). The lowest BCUT2D eigenvalue weighted by atomic mass is 9.79. The summed E-state index contributed by atoms with van der Waals surface area (Å²) < 4.78 is 10.5. The Morgan fingerprint density at radius 2 is 1.94 bits per heavy atom. The van der Waals surface area contributed by atoms with Gasteiger partial charge in [-0.3, -0.25) is 0 Å². The molecular formula is C14H23NO2. The molecule has 2 atom stereocenters. The highest BCUT2D eigenvalue weighted by Gasteiger charge is 2.30. The lowest BCUT2D eigenvalue weighted by molar-refractivity contribution is 0.158. The topological polar surface area (TPSA) is 44.5 Å². The van der Waals surface area contributed by atoms with Crippen molar-refractivity contribution >= 4 is 0 Å². The first-order chi connectivity index (χ1) is 8.04. The van der Waals surface area contributed by atoms with E-state index in [1.54, 1.807) is 14.2 Å². The Morgan fingerprint density at radius 3 is 2.53 bits per heavy atom. The first-order valence-electron chi connectivity index (χ1n) is 5.95. The van der Waals surface area contributed by atoms with E-state index in [-0.39, 0.29) is 0 Å². The summed E-state index contributed by atoms with van der Waals surface area (Å²) in [6.07, 6.45) is 0.932. The summed E-state index contributed by atoms with van der Waals surface area (Å²) >= 11 is 0. The number of methoxy groups -OCH3 is 2. The third-order valence-corrected chi connectivity index (χ3v) is 3.47. The van der Waals surface area contributed by atoms with Gasteiger partial charge in [-0.25, -0.2) is 0 Å². The molecule has 0 aromatic heterocycles. The van der Waals surface area contributed by atoms with Gasteiger partial charge in [-0.1, -0.05) is 25.1 Å². The van der Waals surface area contributed by atoms with Gasteiger partial charge in [0.25, 0.3) is 0 Å². The fourth-order valence-corrected chi connectivity index (χ4v) is 1.95. The average Bonchev–Trinajstić information content (AvgIpc) is 2.35. The second-order valence-corrected chi connectivity index (χ2v) is 4.67. The molecule has 1 aromatic carbocycles. The molecule has 0 heterocycles. The number of hydrogen-bond donors (Lipinski definition) is 1. The summed E-state index contributed by atoms with van der Waals surface area (Å²) in [6.45, 7) is 4.92. The summed E-state index contributed by atoms with van der Waals surface area (Å²) in [7, 11) is 3.39. The first kappa shape index (κ1) is 14.0. The van der Waals surface area contributed by atoms with E-state index in [2.05, 4.69) is 6.92 Å². The van der Waals surface area contributed by atoms with Crippen LogP contribution in [-0.2, 0) is 10.3 Å². The van der Waals surface area contributed by atoms with Crippen LogP contribution < -0.4 is 10.5 Å². The Balaban J connectivity index is 2.94. The van der Waals surface area contributed by atoms with Gasteiger partial charge in [-0.05, 0) is 25.3 Å². The van der Waals surface area contributed by atoms with Gasteiger partial charge in [0, 0.05) is 24.8 Å². The maximum Gasteiger partial charge on any atom is 0.123 e. The molecule has 1 aromatic rings. The Hall–Kier alpha value is -1.06. The molecule has 0 saturated heterocycles. The molecule has 0 radical (unpaired) electrons. The summed E-state index contributed by atoms with van der Waals surface area (Å²) in [5, 5.41) is 0. The van der Waals surface area contributed by atoms with Crippen molar-refractivity contribution in [2.75, 3.05) is 20.8 Å². The largest absolute Gasteiger partial charge is 0.496 e. The molecule has 2 unspecified atom stereocenters. The maximum atomic E-state index is 6.46. The standard InChI is InChI=1S/C14H23NO2/c1-11(9-10-16-3)14(2,15)12-7-5-6-8-13(12)17-4/h5-8,11H,9-10,15H2,1-4H3. The molecule has 3 nitrogen and oxygen atoms in total. The van der Waals surface area contributed by atoms with Crippen LogP contribution in [0.3, 0.4) is 0 Å². The monoisotopic (exact) mass is 237 g/mol. The van der Waals surface area contributed by atoms with Gasteiger partial charge in [0.15, 0.2) is 0 Å². The molecule has 17 heavy (non-hydrogen) atoms. The molecule has 0 spiro atoms. The van der Waals surface area contributed by atoms with Crippen LogP contribution in [0.4, 0.5) is 0 Å². The minimum absolute atomic E-state index is 0.318. The van der Waals surface area contributed by atoms with Crippen molar-refractivity contribution in [2.45, 2.75) is 25.8 Å². The van der Waals surface area contributed by atoms with Crippen molar-refractivity contribution in [1.82, 2.24) is 0 Å². The van der Waals surface area contributed by atoms with Gasteiger partial charge < -0.3 is 15.2 Å². The number of nitrogens with two attached hydrogens (primary N) is 1. The summed E-state index contributed by atoms with van der Waals surface area (Å²) in [5.41, 5.74) is 7.10. The first-order valence-corrected chi connectivity index (χ1v) is 5.95. The quantitative estimate of drug-likeness (QED) is 0.827. The minimum Gasteiger partial charge on any atom is -0.496 e. The van der Waals surface area contributed by atoms with E-state index in [4.69, 9.17) is 15.2 Å². The van der Waals surface area contributed by atoms with Crippen LogP contribution in [0.15, 0.2) is 24.3 Å². The number of para-hydroxylation sites is 1. The molecule has 0 aliphatic carbocycles. The highest BCUT2D eigenvalue weighted by atomic mass is 16.5. The van der Waals surface area contributed by atoms with Crippen LogP contribution in [-0.4, -0.2) is 20.8 Å². The number of hydrogen-bond acceptors (Lipinski definition) is 3. The van der Waals surface area contributed by atoms with Crippen LogP contribution in [0.2, 0.25) is 0 Å². The number of benzene rings is 1. The molecule has 0 saturated carbocycles. The van der Waals surface area contributed by atoms with Crippen LogP contribution in [0, 0.1) is 5.92 Å². The SMILES string of the molecule is COCCC(C)C(C)(N)c1ccccc1OC. The normalized spacial score (nSPS) is 16.3. The molecule has 0 bridgehead atoms. The second-order valence-electron chi connectivity index (χ2n) is 4.67. The molecule has 0 aliphatic heterocycles. The van der Waals surface area contributed by atoms with Crippen molar-refractivity contribution in [1.29, 1.82) is 0 Å². The van der Waals surface area contributed by atoms with Gasteiger partial charge in [-0.2, -0.15) is 0 Å². The van der Waals surface area contributed by atoms with Crippen molar-refractivity contribution in [3.05, 3.63) is 29.8 Å². The van der Waals surface area contributed by atoms with E-state index < -0.39 is 5.54 Å². The second kappa shape index (κ2) is 6.03. The third kappa shape index (κ3) is 3.20. The Labute approximate surface area is 104 Å². The van der Waals surface area contributed by atoms with E-state index in [1.165, 1.54) is 0 Å². The van der Waals surface area contributed by atoms with Crippen LogP contribution >= 0.6 is 0 Å². The summed E-state index contributed by atoms with van der Waals surface area (Å²) in [4.78, 5) is 0. The number of rotatable bonds is 6. The highest BCUT2D eigenvalue weighted by molar-refractivity contribution is 5.38. The van der Waals surface area contributed by atoms with Crippen molar-refractivity contribution < 1.29 is 9.47 Å². The van der Waals surface area contributed by atoms with Crippen molar-refractivity contribution in [3.63, 3.8) is 0 Å². The predicted octanol–water partition coefficient (Wildman–Crippen LogP) is 2.54. The van der Waals surface area contributed by atoms with Gasteiger partial charge >= 0.3 is 0 Å². The van der Waals surface area contributed by atoms with E-state index in [9.17, 15) is 0 Å². The number of ether oxygens (including phenoxy) is 2. The van der Waals surface area contributed by atoms with Gasteiger partial charge in [-0.15, -0.1) is 0 Å². The lowest BCUT2D eigenvalue weighted by Crippen LogP contribution is -2.40. The smallest absolute Gasteiger partial charge is 0.123 e. The van der Waals surface area contributed by atoms with E-state index in [0.717, 1.165) is 24.3 Å². The zero-order valence-corrected chi connectivity index (χ0v) is 11.2. The Kier molecular flexibility index (Phi) is 4.97. The van der Waals surface area contributed by atoms with Crippen molar-refractivity contribution in [2.24, 2.45) is 11.7 Å². The van der Waals surface area contributed by atoms with Gasteiger partial charge in [0.2, 0.25) is 0 Å². The van der Waals surface area contributed by atoms with Crippen LogP contribution in [0.5, 0.6) is 5.75 Å². The highest BCUT2D eigenvalue weighted by Crippen LogP contribution is 2.34. The summed E-state index contributed by atoms with van der Waals surface area (Å²) in [5.74, 6) is 1.17. The molecule has 0 fully saturated rings. The molecular weight excluding hydrogens is 214 g/mol. The maximum absolute atomic E-state index is 6.46. The predicted molar refractivity (Wildman–Crippen MR) is 70.2 cm³/mol. The molecule has 3 heteroatoms. The molecule has 0 aliphatic rings. The van der Waals surface area contributed by atoms with E-state index in [0.29, 0.717) is 5.92 Å². The zero-order valence-electron chi connectivity index (χ0n) is 11.2. The van der Waals surface area contributed by atoms with Crippen LogP contribution in [0.25, 0.3) is 0 Å². The lowest BCUT2D eigenvalue weighted by Gasteiger charge is -2.33. The van der Waals surface area contributed by atoms with Gasteiger partial charge in [0.05, 0.1) is 7.11 Å². The average molecular weight is 237 g/mol. The fourth-order valence-electron chi connectivity index (χ4n) is 1.95. The molecule has 2 N–H and O–H groups in total.